The van der Waals surface area contributed by atoms with Crippen LogP contribution in [0.3, 0.4) is 0 Å². The van der Waals surface area contributed by atoms with E-state index in [0.29, 0.717) is 17.0 Å². The first-order chi connectivity index (χ1) is 13.0. The van der Waals surface area contributed by atoms with Gasteiger partial charge in [0.1, 0.15) is 10.0 Å². The van der Waals surface area contributed by atoms with Gasteiger partial charge in [0.15, 0.2) is 0 Å². The third-order valence-corrected chi connectivity index (χ3v) is 7.04. The van der Waals surface area contributed by atoms with E-state index in [2.05, 4.69) is 0 Å². The van der Waals surface area contributed by atoms with Gasteiger partial charge in [-0.15, -0.1) is 0 Å². The molecule has 3 nitrogen and oxygen atoms in total. The van der Waals surface area contributed by atoms with Crippen molar-refractivity contribution in [2.75, 3.05) is 0 Å². The maximum absolute atomic E-state index is 13.3. The summed E-state index contributed by atoms with van der Waals surface area (Å²) in [7, 11) is -3.80. The predicted octanol–water partition coefficient (Wildman–Crippen LogP) is 5.83. The summed E-state index contributed by atoms with van der Waals surface area (Å²) >= 11 is 12.5. The third kappa shape index (κ3) is 3.25. The maximum atomic E-state index is 13.3. The van der Waals surface area contributed by atoms with Crippen LogP contribution in [-0.4, -0.2) is 13.0 Å². The lowest BCUT2D eigenvalue weighted by Crippen LogP contribution is -2.04. The SMILES string of the molecule is O=S(=O)(c1ccc(Cl)cc1)c1c(Cl)n(Cc2ccccc2)c2ccccc12. The molecular formula is C21H15Cl2NO2S. The molecule has 0 saturated carbocycles. The topological polar surface area (TPSA) is 39.1 Å². The van der Waals surface area contributed by atoms with Gasteiger partial charge in [-0.3, -0.25) is 0 Å². The van der Waals surface area contributed by atoms with Crippen LogP contribution in [0.5, 0.6) is 0 Å². The summed E-state index contributed by atoms with van der Waals surface area (Å²) < 4.78 is 28.4. The van der Waals surface area contributed by atoms with Gasteiger partial charge in [-0.05, 0) is 35.9 Å². The molecule has 0 aliphatic heterocycles. The lowest BCUT2D eigenvalue weighted by atomic mass is 10.2. The predicted molar refractivity (Wildman–Crippen MR) is 109 cm³/mol. The molecule has 4 aromatic rings. The number of hydrogen-bond donors (Lipinski definition) is 0. The molecule has 0 bridgehead atoms. The quantitative estimate of drug-likeness (QED) is 0.420. The first kappa shape index (κ1) is 18.1. The van der Waals surface area contributed by atoms with Gasteiger partial charge in [0.25, 0.3) is 0 Å². The molecular weight excluding hydrogens is 401 g/mol. The average molecular weight is 416 g/mol. The second-order valence-corrected chi connectivity index (χ2v) is 8.85. The van der Waals surface area contributed by atoms with Gasteiger partial charge in [0, 0.05) is 17.0 Å². The molecule has 0 aliphatic rings. The van der Waals surface area contributed by atoms with Crippen molar-refractivity contribution in [2.45, 2.75) is 16.3 Å². The molecule has 136 valence electrons. The second kappa shape index (κ2) is 7.04. The number of para-hydroxylation sites is 1. The highest BCUT2D eigenvalue weighted by molar-refractivity contribution is 7.91. The van der Waals surface area contributed by atoms with E-state index in [1.807, 2.05) is 53.1 Å². The molecule has 0 radical (unpaired) electrons. The van der Waals surface area contributed by atoms with Crippen LogP contribution in [-0.2, 0) is 16.4 Å². The summed E-state index contributed by atoms with van der Waals surface area (Å²) in [6, 6.07) is 23.3. The summed E-state index contributed by atoms with van der Waals surface area (Å²) in [5.74, 6) is 0. The second-order valence-electron chi connectivity index (χ2n) is 6.17. The number of fused-ring (bicyclic) bond motifs is 1. The van der Waals surface area contributed by atoms with Crippen molar-refractivity contribution in [3.05, 3.63) is 94.6 Å². The Bertz CT molecular complexity index is 1210. The molecule has 0 N–H and O–H groups in total. The minimum absolute atomic E-state index is 0.123. The van der Waals surface area contributed by atoms with Crippen molar-refractivity contribution in [3.63, 3.8) is 0 Å². The van der Waals surface area contributed by atoms with E-state index in [-0.39, 0.29) is 14.9 Å². The zero-order valence-electron chi connectivity index (χ0n) is 14.1. The molecule has 0 aliphatic carbocycles. The molecule has 0 unspecified atom stereocenters. The molecule has 1 heterocycles. The molecule has 0 fully saturated rings. The van der Waals surface area contributed by atoms with Crippen LogP contribution < -0.4 is 0 Å². The normalized spacial score (nSPS) is 11.8. The Labute approximate surface area is 167 Å². The number of benzene rings is 3. The smallest absolute Gasteiger partial charge is 0.210 e. The fraction of sp³-hybridized carbons (Fsp3) is 0.0476. The average Bonchev–Trinajstić information content (AvgIpc) is 2.95. The largest absolute Gasteiger partial charge is 0.326 e. The zero-order chi connectivity index (χ0) is 19.0. The zero-order valence-corrected chi connectivity index (χ0v) is 16.5. The highest BCUT2D eigenvalue weighted by Gasteiger charge is 2.28. The van der Waals surface area contributed by atoms with E-state index in [0.717, 1.165) is 11.1 Å². The standard InChI is InChI=1S/C21H15Cl2NO2S/c22-16-10-12-17(13-11-16)27(25,26)20-18-8-4-5-9-19(18)24(21(20)23)14-15-6-2-1-3-7-15/h1-13H,14H2. The van der Waals surface area contributed by atoms with Gasteiger partial charge >= 0.3 is 0 Å². The van der Waals surface area contributed by atoms with Gasteiger partial charge in [0.2, 0.25) is 9.84 Å². The Morgan fingerprint density at radius 1 is 0.778 bits per heavy atom. The van der Waals surface area contributed by atoms with Crippen molar-refractivity contribution in [1.82, 2.24) is 4.57 Å². The van der Waals surface area contributed by atoms with Crippen molar-refractivity contribution in [2.24, 2.45) is 0 Å². The maximum Gasteiger partial charge on any atom is 0.210 e. The minimum Gasteiger partial charge on any atom is -0.326 e. The van der Waals surface area contributed by atoms with Crippen molar-refractivity contribution in [3.8, 4) is 0 Å². The van der Waals surface area contributed by atoms with Crippen LogP contribution >= 0.6 is 23.2 Å². The number of nitrogens with zero attached hydrogens (tertiary/aromatic N) is 1. The third-order valence-electron chi connectivity index (χ3n) is 4.44. The van der Waals surface area contributed by atoms with E-state index < -0.39 is 9.84 Å². The van der Waals surface area contributed by atoms with Crippen LogP contribution in [0.4, 0.5) is 0 Å². The van der Waals surface area contributed by atoms with Crippen LogP contribution in [0.15, 0.2) is 88.7 Å². The molecule has 6 heteroatoms. The summed E-state index contributed by atoms with van der Waals surface area (Å²) in [5, 5.41) is 1.29. The van der Waals surface area contributed by atoms with Crippen LogP contribution in [0.1, 0.15) is 5.56 Å². The fourth-order valence-corrected chi connectivity index (χ4v) is 5.36. The summed E-state index contributed by atoms with van der Waals surface area (Å²) in [5.41, 5.74) is 1.81. The number of aromatic nitrogens is 1. The summed E-state index contributed by atoms with van der Waals surface area (Å²) in [4.78, 5) is 0.287. The Morgan fingerprint density at radius 2 is 1.41 bits per heavy atom. The Kier molecular flexibility index (Phi) is 4.72. The van der Waals surface area contributed by atoms with E-state index >= 15 is 0 Å². The highest BCUT2D eigenvalue weighted by atomic mass is 35.5. The van der Waals surface area contributed by atoms with Crippen LogP contribution in [0.25, 0.3) is 10.9 Å². The van der Waals surface area contributed by atoms with Gasteiger partial charge < -0.3 is 4.57 Å². The Morgan fingerprint density at radius 3 is 2.11 bits per heavy atom. The molecule has 0 amide bonds. The first-order valence-corrected chi connectivity index (χ1v) is 10.5. The molecule has 4 rings (SSSR count). The minimum atomic E-state index is -3.80. The van der Waals surface area contributed by atoms with E-state index in [1.165, 1.54) is 12.1 Å². The number of hydrogen-bond acceptors (Lipinski definition) is 2. The monoisotopic (exact) mass is 415 g/mol. The van der Waals surface area contributed by atoms with E-state index in [4.69, 9.17) is 23.2 Å². The van der Waals surface area contributed by atoms with E-state index in [9.17, 15) is 8.42 Å². The lowest BCUT2D eigenvalue weighted by Gasteiger charge is -2.08. The summed E-state index contributed by atoms with van der Waals surface area (Å²) in [6.45, 7) is 0.482. The highest BCUT2D eigenvalue weighted by Crippen LogP contribution is 2.37. The molecule has 0 saturated heterocycles. The molecule has 1 aromatic heterocycles. The van der Waals surface area contributed by atoms with Crippen LogP contribution in [0, 0.1) is 0 Å². The van der Waals surface area contributed by atoms with Gasteiger partial charge in [-0.1, -0.05) is 71.7 Å². The number of halogens is 2. The molecule has 3 aromatic carbocycles. The van der Waals surface area contributed by atoms with Gasteiger partial charge in [0.05, 0.1) is 10.4 Å². The van der Waals surface area contributed by atoms with Crippen LogP contribution in [0.2, 0.25) is 10.2 Å². The molecule has 27 heavy (non-hydrogen) atoms. The molecule has 0 atom stereocenters. The first-order valence-electron chi connectivity index (χ1n) is 8.30. The Hall–Kier alpha value is -2.27. The summed E-state index contributed by atoms with van der Waals surface area (Å²) in [6.07, 6.45) is 0. The van der Waals surface area contributed by atoms with Crippen molar-refractivity contribution >= 4 is 43.9 Å². The van der Waals surface area contributed by atoms with Gasteiger partial charge in [-0.2, -0.15) is 0 Å². The van der Waals surface area contributed by atoms with Crippen molar-refractivity contribution < 1.29 is 8.42 Å². The van der Waals surface area contributed by atoms with Crippen molar-refractivity contribution in [1.29, 1.82) is 0 Å². The number of rotatable bonds is 4. The van der Waals surface area contributed by atoms with Gasteiger partial charge in [-0.25, -0.2) is 8.42 Å². The van der Waals surface area contributed by atoms with E-state index in [1.54, 1.807) is 18.2 Å². The Balaban J connectivity index is 1.94. The lowest BCUT2D eigenvalue weighted by molar-refractivity contribution is 0.596. The fourth-order valence-electron chi connectivity index (χ4n) is 3.15. The number of sulfone groups is 1. The molecule has 0 spiro atoms.